The number of thiophene rings is 1. The predicted molar refractivity (Wildman–Crippen MR) is 108 cm³/mol. The number of ether oxygens (including phenoxy) is 1. The molecule has 8 heteroatoms. The van der Waals surface area contributed by atoms with E-state index in [4.69, 9.17) is 16.3 Å². The number of halogens is 1. The lowest BCUT2D eigenvalue weighted by atomic mass is 10.1. The molecule has 4 rings (SSSR count). The molecule has 3 heterocycles. The molecule has 1 atom stereocenters. The van der Waals surface area contributed by atoms with E-state index >= 15 is 0 Å². The predicted octanol–water partition coefficient (Wildman–Crippen LogP) is 3.79. The van der Waals surface area contributed by atoms with Crippen molar-refractivity contribution in [3.63, 3.8) is 0 Å². The molecule has 1 aliphatic heterocycles. The van der Waals surface area contributed by atoms with Gasteiger partial charge in [0.15, 0.2) is 6.10 Å². The fourth-order valence-corrected chi connectivity index (χ4v) is 4.59. The Hall–Kier alpha value is -2.51. The number of ketones is 1. The van der Waals surface area contributed by atoms with Crippen molar-refractivity contribution in [1.82, 2.24) is 9.55 Å². The van der Waals surface area contributed by atoms with E-state index < -0.39 is 12.1 Å². The Balaban J connectivity index is 1.61. The van der Waals surface area contributed by atoms with Gasteiger partial charge in [0.2, 0.25) is 5.78 Å². The standard InChI is InChI=1S/C20H17ClN2O4S/c1-10-15-18(22-14-4-3-9-23(14)19(15)25)28-17(10)20(26)27-11(2)16(24)12-5-7-13(21)8-6-12/h5-8,11H,3-4,9H2,1-2H3/t11-/m1/s1. The summed E-state index contributed by atoms with van der Waals surface area (Å²) in [5.74, 6) is -0.189. The lowest BCUT2D eigenvalue weighted by molar-refractivity contribution is 0.0323. The summed E-state index contributed by atoms with van der Waals surface area (Å²) in [7, 11) is 0. The molecule has 0 amide bonds. The number of carbonyl (C=O) groups excluding carboxylic acids is 2. The number of Topliss-reactive ketones (excluding diaryl/α,β-unsaturated/α-hetero) is 1. The van der Waals surface area contributed by atoms with Crippen LogP contribution in [0.25, 0.3) is 10.2 Å². The van der Waals surface area contributed by atoms with Gasteiger partial charge < -0.3 is 4.74 Å². The third kappa shape index (κ3) is 3.14. The first-order valence-corrected chi connectivity index (χ1v) is 10.1. The number of hydrogen-bond acceptors (Lipinski definition) is 6. The summed E-state index contributed by atoms with van der Waals surface area (Å²) in [5, 5.41) is 0.979. The van der Waals surface area contributed by atoms with Gasteiger partial charge in [0.1, 0.15) is 15.5 Å². The van der Waals surface area contributed by atoms with Crippen LogP contribution in [-0.2, 0) is 17.7 Å². The highest BCUT2D eigenvalue weighted by atomic mass is 35.5. The Morgan fingerprint density at radius 3 is 2.71 bits per heavy atom. The van der Waals surface area contributed by atoms with E-state index in [1.165, 1.54) is 6.92 Å². The highest BCUT2D eigenvalue weighted by Gasteiger charge is 2.26. The van der Waals surface area contributed by atoms with Gasteiger partial charge in [-0.2, -0.15) is 0 Å². The van der Waals surface area contributed by atoms with Gasteiger partial charge in [-0.25, -0.2) is 9.78 Å². The van der Waals surface area contributed by atoms with Gasteiger partial charge in [0.25, 0.3) is 5.56 Å². The van der Waals surface area contributed by atoms with Gasteiger partial charge >= 0.3 is 5.97 Å². The van der Waals surface area contributed by atoms with Gasteiger partial charge in [-0.05, 0) is 50.1 Å². The SMILES string of the molecule is Cc1c(C(=O)O[C@H](C)C(=O)c2ccc(Cl)cc2)sc2nc3n(c(=O)c12)CCC3. The number of aryl methyl sites for hydroxylation is 2. The van der Waals surface area contributed by atoms with E-state index in [1.807, 2.05) is 0 Å². The monoisotopic (exact) mass is 416 g/mol. The van der Waals surface area contributed by atoms with Crippen LogP contribution < -0.4 is 5.56 Å². The van der Waals surface area contributed by atoms with Crippen molar-refractivity contribution in [3.8, 4) is 0 Å². The highest BCUT2D eigenvalue weighted by molar-refractivity contribution is 7.20. The Bertz CT molecular complexity index is 1160. The number of carbonyl (C=O) groups is 2. The second-order valence-electron chi connectivity index (χ2n) is 6.74. The van der Waals surface area contributed by atoms with Crippen LogP contribution >= 0.6 is 22.9 Å². The molecule has 0 spiro atoms. The van der Waals surface area contributed by atoms with Crippen molar-refractivity contribution in [2.45, 2.75) is 39.3 Å². The van der Waals surface area contributed by atoms with Crippen LogP contribution in [0.4, 0.5) is 0 Å². The van der Waals surface area contributed by atoms with Gasteiger partial charge in [-0.1, -0.05) is 11.6 Å². The van der Waals surface area contributed by atoms with E-state index in [0.29, 0.717) is 37.8 Å². The zero-order valence-corrected chi connectivity index (χ0v) is 16.9. The molecule has 144 valence electrons. The van der Waals surface area contributed by atoms with E-state index in [2.05, 4.69) is 4.98 Å². The minimum Gasteiger partial charge on any atom is -0.450 e. The zero-order chi connectivity index (χ0) is 20.0. The quantitative estimate of drug-likeness (QED) is 0.477. The van der Waals surface area contributed by atoms with Gasteiger partial charge in [-0.3, -0.25) is 14.2 Å². The molecular formula is C20H17ClN2O4S. The van der Waals surface area contributed by atoms with Crippen molar-refractivity contribution in [2.75, 3.05) is 0 Å². The van der Waals surface area contributed by atoms with Crippen LogP contribution in [0.3, 0.4) is 0 Å². The summed E-state index contributed by atoms with van der Waals surface area (Å²) < 4.78 is 7.06. The topological polar surface area (TPSA) is 78.3 Å². The Kier molecular flexibility index (Phi) is 4.81. The normalized spacial score (nSPS) is 14.1. The summed E-state index contributed by atoms with van der Waals surface area (Å²) in [5.41, 5.74) is 0.848. The molecule has 0 radical (unpaired) electrons. The van der Waals surface area contributed by atoms with Crippen LogP contribution in [0.2, 0.25) is 5.02 Å². The first kappa shape index (κ1) is 18.8. The summed E-state index contributed by atoms with van der Waals surface area (Å²) in [6, 6.07) is 6.40. The van der Waals surface area contributed by atoms with Crippen molar-refractivity contribution in [3.05, 3.63) is 61.5 Å². The van der Waals surface area contributed by atoms with Crippen molar-refractivity contribution >= 4 is 44.9 Å². The lowest BCUT2D eigenvalue weighted by Crippen LogP contribution is -2.24. The van der Waals surface area contributed by atoms with E-state index in [0.717, 1.165) is 30.0 Å². The number of fused-ring (bicyclic) bond motifs is 2. The molecule has 6 nitrogen and oxygen atoms in total. The summed E-state index contributed by atoms with van der Waals surface area (Å²) >= 11 is 6.97. The largest absolute Gasteiger partial charge is 0.450 e. The summed E-state index contributed by atoms with van der Waals surface area (Å²) in [6.45, 7) is 3.89. The maximum atomic E-state index is 12.7. The van der Waals surface area contributed by atoms with Crippen molar-refractivity contribution < 1.29 is 14.3 Å². The first-order valence-electron chi connectivity index (χ1n) is 8.90. The number of hydrogen-bond donors (Lipinski definition) is 0. The molecule has 0 fully saturated rings. The fraction of sp³-hybridized carbons (Fsp3) is 0.300. The number of aromatic nitrogens is 2. The minimum absolute atomic E-state index is 0.115. The molecule has 1 aliphatic rings. The first-order chi connectivity index (χ1) is 13.4. The molecule has 0 aliphatic carbocycles. The molecular weight excluding hydrogens is 400 g/mol. The molecule has 2 aromatic heterocycles. The molecule has 0 saturated carbocycles. The molecule has 28 heavy (non-hydrogen) atoms. The fourth-order valence-electron chi connectivity index (χ4n) is 3.39. The molecule has 0 saturated heterocycles. The van der Waals surface area contributed by atoms with Crippen molar-refractivity contribution in [2.24, 2.45) is 0 Å². The van der Waals surface area contributed by atoms with Crippen LogP contribution in [-0.4, -0.2) is 27.4 Å². The Morgan fingerprint density at radius 1 is 1.29 bits per heavy atom. The van der Waals surface area contributed by atoms with Crippen LogP contribution in [0.5, 0.6) is 0 Å². The minimum atomic E-state index is -0.961. The van der Waals surface area contributed by atoms with Crippen molar-refractivity contribution in [1.29, 1.82) is 0 Å². The van der Waals surface area contributed by atoms with Crippen LogP contribution in [0.15, 0.2) is 29.1 Å². The van der Waals surface area contributed by atoms with Crippen LogP contribution in [0, 0.1) is 6.92 Å². The maximum Gasteiger partial charge on any atom is 0.349 e. The third-order valence-electron chi connectivity index (χ3n) is 4.88. The number of benzene rings is 1. The Morgan fingerprint density at radius 2 is 2.00 bits per heavy atom. The van der Waals surface area contributed by atoms with Gasteiger partial charge in [-0.15, -0.1) is 11.3 Å². The number of nitrogens with zero attached hydrogens (tertiary/aromatic N) is 2. The summed E-state index contributed by atoms with van der Waals surface area (Å²) in [4.78, 5) is 43.3. The second-order valence-corrected chi connectivity index (χ2v) is 8.18. The van der Waals surface area contributed by atoms with E-state index in [1.54, 1.807) is 35.8 Å². The van der Waals surface area contributed by atoms with E-state index in [9.17, 15) is 14.4 Å². The third-order valence-corrected chi connectivity index (χ3v) is 6.30. The molecule has 0 bridgehead atoms. The lowest BCUT2D eigenvalue weighted by Gasteiger charge is -2.12. The van der Waals surface area contributed by atoms with Gasteiger partial charge in [0, 0.05) is 23.6 Å². The zero-order valence-electron chi connectivity index (χ0n) is 15.3. The highest BCUT2D eigenvalue weighted by Crippen LogP contribution is 2.29. The van der Waals surface area contributed by atoms with E-state index in [-0.39, 0.29) is 11.3 Å². The smallest absolute Gasteiger partial charge is 0.349 e. The summed E-state index contributed by atoms with van der Waals surface area (Å²) in [6.07, 6.45) is 0.698. The molecule has 1 aromatic carbocycles. The Labute approximate surface area is 169 Å². The molecule has 3 aromatic rings. The number of rotatable bonds is 4. The second kappa shape index (κ2) is 7.14. The number of esters is 1. The van der Waals surface area contributed by atoms with Gasteiger partial charge in [0.05, 0.1) is 5.39 Å². The molecule has 0 N–H and O–H groups in total. The maximum absolute atomic E-state index is 12.7. The average Bonchev–Trinajstić information content (AvgIpc) is 3.27. The van der Waals surface area contributed by atoms with Crippen LogP contribution in [0.1, 0.15) is 44.8 Å². The average molecular weight is 417 g/mol. The molecule has 0 unspecified atom stereocenters.